The van der Waals surface area contributed by atoms with E-state index >= 15 is 0 Å². The standard InChI is InChI=1S/C35H35Cl2N3O4S/c36-28-20-21-32(31(37)23-28)40(45(43,44)30-18-8-3-9-19-30)25-34(41)39(24-27-14-6-2-7-15-27)33(22-26-12-4-1-5-13-26)35(42)38-29-16-10-11-17-29/h1-9,12-15,18-21,23,29,33H,10-11,16-17,22,24-25H2,(H,38,42). The Labute approximate surface area is 274 Å². The van der Waals surface area contributed by atoms with Crippen molar-refractivity contribution in [2.24, 2.45) is 0 Å². The molecular weight excluding hydrogens is 629 g/mol. The third-order valence-corrected chi connectivity index (χ3v) is 10.3. The second kappa shape index (κ2) is 15.0. The summed E-state index contributed by atoms with van der Waals surface area (Å²) in [6, 6.07) is 30.3. The molecule has 1 atom stereocenters. The van der Waals surface area contributed by atoms with E-state index in [0.717, 1.165) is 41.1 Å². The van der Waals surface area contributed by atoms with Crippen LogP contribution in [0.15, 0.2) is 114 Å². The van der Waals surface area contributed by atoms with Crippen LogP contribution in [0.1, 0.15) is 36.8 Å². The highest BCUT2D eigenvalue weighted by Crippen LogP contribution is 2.33. The number of sulfonamides is 1. The van der Waals surface area contributed by atoms with Crippen molar-refractivity contribution in [3.8, 4) is 0 Å². The summed E-state index contributed by atoms with van der Waals surface area (Å²) in [6.07, 6.45) is 4.10. The summed E-state index contributed by atoms with van der Waals surface area (Å²) in [5.74, 6) is -0.816. The lowest BCUT2D eigenvalue weighted by molar-refractivity contribution is -0.140. The largest absolute Gasteiger partial charge is 0.352 e. The Bertz CT molecular complexity index is 1700. The predicted octanol–water partition coefficient (Wildman–Crippen LogP) is 6.89. The van der Waals surface area contributed by atoms with Crippen molar-refractivity contribution in [3.63, 3.8) is 0 Å². The summed E-state index contributed by atoms with van der Waals surface area (Å²) in [5.41, 5.74) is 1.79. The van der Waals surface area contributed by atoms with Crippen LogP contribution < -0.4 is 9.62 Å². The van der Waals surface area contributed by atoms with Gasteiger partial charge in [-0.2, -0.15) is 0 Å². The van der Waals surface area contributed by atoms with Gasteiger partial charge in [-0.1, -0.05) is 115 Å². The van der Waals surface area contributed by atoms with Crippen LogP contribution in [0.4, 0.5) is 5.69 Å². The van der Waals surface area contributed by atoms with Crippen LogP contribution in [0.2, 0.25) is 10.0 Å². The summed E-state index contributed by atoms with van der Waals surface area (Å²) in [4.78, 5) is 30.1. The minimum Gasteiger partial charge on any atom is -0.352 e. The number of anilines is 1. The maximum Gasteiger partial charge on any atom is 0.264 e. The predicted molar refractivity (Wildman–Crippen MR) is 179 cm³/mol. The van der Waals surface area contributed by atoms with Gasteiger partial charge in [0.1, 0.15) is 12.6 Å². The molecule has 45 heavy (non-hydrogen) atoms. The van der Waals surface area contributed by atoms with Crippen molar-refractivity contribution in [3.05, 3.63) is 130 Å². The Morgan fingerprint density at radius 1 is 0.800 bits per heavy atom. The summed E-state index contributed by atoms with van der Waals surface area (Å²) < 4.78 is 29.2. The van der Waals surface area contributed by atoms with Gasteiger partial charge in [-0.05, 0) is 54.3 Å². The third-order valence-electron chi connectivity index (χ3n) is 7.96. The number of benzene rings is 4. The number of carbonyl (C=O) groups excluding carboxylic acids is 2. The molecule has 0 aliphatic heterocycles. The highest BCUT2D eigenvalue weighted by molar-refractivity contribution is 7.92. The van der Waals surface area contributed by atoms with E-state index in [1.165, 1.54) is 35.2 Å². The van der Waals surface area contributed by atoms with Crippen LogP contribution in [0.3, 0.4) is 0 Å². The average Bonchev–Trinajstić information content (AvgIpc) is 3.56. The van der Waals surface area contributed by atoms with E-state index in [4.69, 9.17) is 23.2 Å². The fourth-order valence-electron chi connectivity index (χ4n) is 5.62. The molecule has 0 saturated heterocycles. The SMILES string of the molecule is O=C(NC1CCCC1)C(Cc1ccccc1)N(Cc1ccccc1)C(=O)CN(c1ccc(Cl)cc1Cl)S(=O)(=O)c1ccccc1. The van der Waals surface area contributed by atoms with Gasteiger partial charge in [-0.3, -0.25) is 13.9 Å². The van der Waals surface area contributed by atoms with Crippen molar-refractivity contribution >= 4 is 50.7 Å². The van der Waals surface area contributed by atoms with Crippen molar-refractivity contribution in [1.82, 2.24) is 10.2 Å². The van der Waals surface area contributed by atoms with Gasteiger partial charge in [-0.15, -0.1) is 0 Å². The number of halogens is 2. The molecule has 234 valence electrons. The molecule has 7 nitrogen and oxygen atoms in total. The number of amides is 2. The Balaban J connectivity index is 1.57. The molecule has 1 unspecified atom stereocenters. The summed E-state index contributed by atoms with van der Waals surface area (Å²) in [5, 5.41) is 3.57. The number of hydrogen-bond donors (Lipinski definition) is 1. The van der Waals surface area contributed by atoms with Gasteiger partial charge < -0.3 is 10.2 Å². The maximum atomic E-state index is 14.5. The highest BCUT2D eigenvalue weighted by atomic mass is 35.5. The van der Waals surface area contributed by atoms with Crippen LogP contribution in [0.5, 0.6) is 0 Å². The third kappa shape index (κ3) is 8.25. The zero-order valence-corrected chi connectivity index (χ0v) is 27.0. The van der Waals surface area contributed by atoms with E-state index in [1.807, 2.05) is 60.7 Å². The van der Waals surface area contributed by atoms with Gasteiger partial charge in [0.15, 0.2) is 0 Å². The van der Waals surface area contributed by atoms with Crippen molar-refractivity contribution in [2.45, 2.75) is 55.6 Å². The molecule has 4 aromatic carbocycles. The summed E-state index contributed by atoms with van der Waals surface area (Å²) in [7, 11) is -4.26. The van der Waals surface area contributed by atoms with Crippen LogP contribution in [-0.2, 0) is 32.6 Å². The zero-order chi connectivity index (χ0) is 31.8. The Morgan fingerprint density at radius 3 is 1.98 bits per heavy atom. The second-order valence-electron chi connectivity index (χ2n) is 11.1. The molecule has 0 heterocycles. The lowest BCUT2D eigenvalue weighted by Gasteiger charge is -2.34. The van der Waals surface area contributed by atoms with Crippen LogP contribution in [0, 0.1) is 0 Å². The van der Waals surface area contributed by atoms with Gasteiger partial charge in [0.25, 0.3) is 10.0 Å². The summed E-state index contributed by atoms with van der Waals surface area (Å²) in [6.45, 7) is -0.490. The normalized spacial score (nSPS) is 14.1. The monoisotopic (exact) mass is 663 g/mol. The van der Waals surface area contributed by atoms with Gasteiger partial charge in [0, 0.05) is 24.0 Å². The number of nitrogens with one attached hydrogen (secondary N) is 1. The first-order valence-corrected chi connectivity index (χ1v) is 17.1. The molecule has 0 radical (unpaired) electrons. The zero-order valence-electron chi connectivity index (χ0n) is 24.7. The van der Waals surface area contributed by atoms with E-state index in [9.17, 15) is 18.0 Å². The molecule has 5 rings (SSSR count). The minimum absolute atomic E-state index is 0.00163. The van der Waals surface area contributed by atoms with E-state index in [2.05, 4.69) is 5.32 Å². The second-order valence-corrected chi connectivity index (χ2v) is 13.8. The molecule has 1 saturated carbocycles. The number of nitrogens with zero attached hydrogens (tertiary/aromatic N) is 2. The average molecular weight is 665 g/mol. The number of hydrogen-bond acceptors (Lipinski definition) is 4. The molecule has 1 aliphatic carbocycles. The molecular formula is C35H35Cl2N3O4S. The molecule has 1 N–H and O–H groups in total. The molecule has 0 bridgehead atoms. The first kappa shape index (κ1) is 32.5. The molecule has 4 aromatic rings. The van der Waals surface area contributed by atoms with E-state index in [1.54, 1.807) is 18.2 Å². The topological polar surface area (TPSA) is 86.8 Å². The molecule has 1 aliphatic rings. The quantitative estimate of drug-likeness (QED) is 0.179. The van der Waals surface area contributed by atoms with Gasteiger partial charge in [0.2, 0.25) is 11.8 Å². The van der Waals surface area contributed by atoms with Gasteiger partial charge in [0.05, 0.1) is 15.6 Å². The minimum atomic E-state index is -4.26. The number of rotatable bonds is 12. The van der Waals surface area contributed by atoms with Crippen LogP contribution in [-0.4, -0.2) is 43.8 Å². The molecule has 1 fully saturated rings. The van der Waals surface area contributed by atoms with E-state index in [-0.39, 0.29) is 40.5 Å². The fraction of sp³-hybridized carbons (Fsp3) is 0.257. The van der Waals surface area contributed by atoms with Crippen LogP contribution >= 0.6 is 23.2 Å². The molecule has 2 amide bonds. The highest BCUT2D eigenvalue weighted by Gasteiger charge is 2.36. The molecule has 0 aromatic heterocycles. The molecule has 0 spiro atoms. The maximum absolute atomic E-state index is 14.5. The smallest absolute Gasteiger partial charge is 0.264 e. The van der Waals surface area contributed by atoms with Crippen LogP contribution in [0.25, 0.3) is 0 Å². The Hall–Kier alpha value is -3.85. The van der Waals surface area contributed by atoms with E-state index < -0.39 is 28.5 Å². The van der Waals surface area contributed by atoms with Crippen molar-refractivity contribution in [2.75, 3.05) is 10.8 Å². The first-order valence-electron chi connectivity index (χ1n) is 14.9. The van der Waals surface area contributed by atoms with Gasteiger partial charge in [-0.25, -0.2) is 8.42 Å². The van der Waals surface area contributed by atoms with Crippen molar-refractivity contribution < 1.29 is 18.0 Å². The fourth-order valence-corrected chi connectivity index (χ4v) is 7.63. The number of carbonyl (C=O) groups is 2. The lowest BCUT2D eigenvalue weighted by Crippen LogP contribution is -2.54. The Morgan fingerprint density at radius 2 is 1.38 bits per heavy atom. The van der Waals surface area contributed by atoms with Crippen molar-refractivity contribution in [1.29, 1.82) is 0 Å². The molecule has 10 heteroatoms. The summed E-state index contributed by atoms with van der Waals surface area (Å²) >= 11 is 12.7. The lowest BCUT2D eigenvalue weighted by atomic mass is 10.0. The Kier molecular flexibility index (Phi) is 10.8. The van der Waals surface area contributed by atoms with Gasteiger partial charge >= 0.3 is 0 Å². The first-order chi connectivity index (χ1) is 21.7. The van der Waals surface area contributed by atoms with E-state index in [0.29, 0.717) is 5.02 Å².